The van der Waals surface area contributed by atoms with Gasteiger partial charge in [-0.1, -0.05) is 126 Å². The van der Waals surface area contributed by atoms with Crippen LogP contribution >= 0.6 is 11.3 Å². The van der Waals surface area contributed by atoms with Crippen LogP contribution in [0.25, 0.3) is 0 Å². The van der Waals surface area contributed by atoms with E-state index in [0.29, 0.717) is 6.10 Å². The lowest BCUT2D eigenvalue weighted by molar-refractivity contribution is -0.692. The molecule has 1 saturated heterocycles. The van der Waals surface area contributed by atoms with Gasteiger partial charge in [-0.05, 0) is 50.7 Å². The van der Waals surface area contributed by atoms with Gasteiger partial charge in [0.25, 0.3) is 0 Å². The van der Waals surface area contributed by atoms with Gasteiger partial charge in [0.15, 0.2) is 6.20 Å². The number of unbranched alkanes of at least 4 members (excludes halogenated alkanes) is 15. The number of thiazole rings is 1. The van der Waals surface area contributed by atoms with Crippen molar-refractivity contribution < 1.29 is 27.0 Å². The molecule has 2 atom stereocenters. The summed E-state index contributed by atoms with van der Waals surface area (Å²) in [5.41, 5.74) is 3.11. The number of hydrogen-bond acceptors (Lipinski definition) is 6. The Morgan fingerprint density at radius 1 is 0.864 bits per heavy atom. The van der Waals surface area contributed by atoms with E-state index in [1.807, 2.05) is 6.92 Å². The molecule has 1 aliphatic heterocycles. The van der Waals surface area contributed by atoms with E-state index < -0.39 is 10.1 Å². The van der Waals surface area contributed by atoms with Gasteiger partial charge in [0.05, 0.1) is 23.0 Å². The summed E-state index contributed by atoms with van der Waals surface area (Å²) < 4.78 is 45.3. The summed E-state index contributed by atoms with van der Waals surface area (Å²) in [7, 11) is -4.27. The third-order valence-electron chi connectivity index (χ3n) is 8.48. The van der Waals surface area contributed by atoms with Crippen molar-refractivity contribution in [1.29, 1.82) is 0 Å². The van der Waals surface area contributed by atoms with Gasteiger partial charge >= 0.3 is 0 Å². The Balaban J connectivity index is 0.000000514. The number of aryl methyl sites for hydroxylation is 2. The smallest absolute Gasteiger partial charge is 0.224 e. The summed E-state index contributed by atoms with van der Waals surface area (Å²) >= 11 is 1.76. The molecule has 1 fully saturated rings. The molecule has 0 N–H and O–H groups in total. The Morgan fingerprint density at radius 2 is 1.45 bits per heavy atom. The molecule has 8 heteroatoms. The minimum Gasteiger partial charge on any atom is -0.744 e. The molecule has 0 spiro atoms. The van der Waals surface area contributed by atoms with E-state index in [2.05, 4.69) is 28.6 Å². The molecule has 0 radical (unpaired) electrons. The molecule has 252 valence electrons. The molecular formula is C36H61NO5S2. The number of nitrogens with zero attached hydrogens (tertiary/aromatic N) is 1. The number of aromatic nitrogens is 1. The van der Waals surface area contributed by atoms with Crippen molar-refractivity contribution in [2.24, 2.45) is 5.92 Å². The maximum absolute atomic E-state index is 10.4. The highest BCUT2D eigenvalue weighted by molar-refractivity contribution is 7.85. The summed E-state index contributed by atoms with van der Waals surface area (Å²) in [5.74, 6) is 0.776. The van der Waals surface area contributed by atoms with Crippen molar-refractivity contribution in [1.82, 2.24) is 0 Å². The Bertz CT molecular complexity index is 1030. The molecule has 0 amide bonds. The summed E-state index contributed by atoms with van der Waals surface area (Å²) in [6.07, 6.45) is 28.9. The lowest BCUT2D eigenvalue weighted by atomic mass is 9.97. The van der Waals surface area contributed by atoms with Crippen LogP contribution in [0.3, 0.4) is 0 Å². The molecular weight excluding hydrogens is 591 g/mol. The average Bonchev–Trinajstić information content (AvgIpc) is 3.69. The molecule has 6 nitrogen and oxygen atoms in total. The topological polar surface area (TPSA) is 79.5 Å². The van der Waals surface area contributed by atoms with Gasteiger partial charge in [0.1, 0.15) is 16.7 Å². The molecule has 44 heavy (non-hydrogen) atoms. The lowest BCUT2D eigenvalue weighted by Crippen LogP contribution is -2.29. The minimum absolute atomic E-state index is 0.178. The Hall–Kier alpha value is -1.32. The zero-order chi connectivity index (χ0) is 31.7. The second-order valence-corrected chi connectivity index (χ2v) is 14.7. The molecule has 0 aliphatic carbocycles. The maximum Gasteiger partial charge on any atom is 0.224 e. The van der Waals surface area contributed by atoms with Crippen LogP contribution in [-0.2, 0) is 26.1 Å². The third kappa shape index (κ3) is 19.9. The van der Waals surface area contributed by atoms with Gasteiger partial charge < -0.3 is 14.0 Å². The highest BCUT2D eigenvalue weighted by atomic mass is 32.2. The molecule has 0 bridgehead atoms. The predicted molar refractivity (Wildman–Crippen MR) is 181 cm³/mol. The second-order valence-electron chi connectivity index (χ2n) is 12.6. The monoisotopic (exact) mass is 651 g/mol. The van der Waals surface area contributed by atoms with Crippen LogP contribution in [0.2, 0.25) is 0 Å². The first-order chi connectivity index (χ1) is 21.4. The molecule has 0 unspecified atom stereocenters. The highest BCUT2D eigenvalue weighted by Crippen LogP contribution is 2.25. The van der Waals surface area contributed by atoms with E-state index >= 15 is 0 Å². The first-order valence-electron chi connectivity index (χ1n) is 17.5. The van der Waals surface area contributed by atoms with Crippen molar-refractivity contribution in [3.63, 3.8) is 0 Å². The lowest BCUT2D eigenvalue weighted by Gasteiger charge is -2.10. The van der Waals surface area contributed by atoms with E-state index in [1.54, 1.807) is 23.5 Å². The molecule has 1 aliphatic rings. The second kappa shape index (κ2) is 24.9. The van der Waals surface area contributed by atoms with Gasteiger partial charge in [-0.3, -0.25) is 0 Å². The quantitative estimate of drug-likeness (QED) is 0.0642. The van der Waals surface area contributed by atoms with Crippen LogP contribution in [0.15, 0.2) is 46.2 Å². The first-order valence-corrected chi connectivity index (χ1v) is 19.9. The molecule has 3 rings (SSSR count). The van der Waals surface area contributed by atoms with Crippen molar-refractivity contribution in [3.8, 4) is 0 Å². The fourth-order valence-corrected chi connectivity index (χ4v) is 6.81. The molecule has 1 aromatic carbocycles. The van der Waals surface area contributed by atoms with Gasteiger partial charge in [0.2, 0.25) is 5.51 Å². The SMILES string of the molecule is CCCCCCCCCCCCCCCC[C@@H]1CO[C@@H](COCCCCC[n+]2ccsc2)C1.Cc1ccc(S(=O)(=O)[O-])cc1. The zero-order valence-corrected chi connectivity index (χ0v) is 29.4. The minimum atomic E-state index is -4.27. The maximum atomic E-state index is 10.4. The van der Waals surface area contributed by atoms with Crippen LogP contribution < -0.4 is 4.57 Å². The molecule has 2 aromatic rings. The number of ether oxygens (including phenoxy) is 2. The number of benzene rings is 1. The van der Waals surface area contributed by atoms with E-state index in [9.17, 15) is 13.0 Å². The molecule has 2 heterocycles. The van der Waals surface area contributed by atoms with Crippen molar-refractivity contribution in [2.45, 2.75) is 153 Å². The highest BCUT2D eigenvalue weighted by Gasteiger charge is 2.25. The van der Waals surface area contributed by atoms with Crippen LogP contribution in [0.5, 0.6) is 0 Å². The fraction of sp³-hybridized carbons (Fsp3) is 0.750. The molecule has 0 saturated carbocycles. The van der Waals surface area contributed by atoms with Gasteiger partial charge in [0, 0.05) is 19.6 Å². The van der Waals surface area contributed by atoms with Crippen molar-refractivity contribution in [2.75, 3.05) is 19.8 Å². The van der Waals surface area contributed by atoms with Crippen LogP contribution in [-0.4, -0.2) is 38.9 Å². The summed E-state index contributed by atoms with van der Waals surface area (Å²) in [4.78, 5) is -0.178. The first kappa shape index (κ1) is 38.9. The standard InChI is InChI=1S/C29H54NO2S.C7H8O3S/c1-2-3-4-5-6-7-8-9-10-11-12-13-14-16-19-28-24-29(32-25-28)26-31-22-18-15-17-20-30-21-23-33-27-30;1-6-2-4-7(5-3-6)11(8,9)10/h21,23,27-29H,2-20,22,24-26H2,1H3;2-5H,1H3,(H,8,9,10)/q+1;/p-1/t28-,29+;/m0./s1. The number of rotatable bonds is 24. The Labute approximate surface area is 273 Å². The van der Waals surface area contributed by atoms with Gasteiger partial charge in [-0.15, -0.1) is 0 Å². The number of hydrogen-bond donors (Lipinski definition) is 0. The van der Waals surface area contributed by atoms with E-state index in [-0.39, 0.29) is 4.90 Å². The van der Waals surface area contributed by atoms with E-state index in [4.69, 9.17) is 9.47 Å². The van der Waals surface area contributed by atoms with E-state index in [1.165, 1.54) is 134 Å². The zero-order valence-electron chi connectivity index (χ0n) is 27.8. The predicted octanol–water partition coefficient (Wildman–Crippen LogP) is 9.40. The van der Waals surface area contributed by atoms with Gasteiger partial charge in [-0.2, -0.15) is 4.57 Å². The van der Waals surface area contributed by atoms with E-state index in [0.717, 1.165) is 37.8 Å². The molecule has 1 aromatic heterocycles. The Morgan fingerprint density at radius 3 is 2.02 bits per heavy atom. The third-order valence-corrected chi connectivity index (χ3v) is 10.00. The summed E-state index contributed by atoms with van der Waals surface area (Å²) in [6, 6.07) is 5.78. The largest absolute Gasteiger partial charge is 0.744 e. The summed E-state index contributed by atoms with van der Waals surface area (Å²) in [6.45, 7) is 7.90. The van der Waals surface area contributed by atoms with Crippen LogP contribution in [0.4, 0.5) is 0 Å². The normalized spacial score (nSPS) is 16.6. The van der Waals surface area contributed by atoms with Gasteiger partial charge in [-0.25, -0.2) is 8.42 Å². The van der Waals surface area contributed by atoms with Crippen molar-refractivity contribution in [3.05, 3.63) is 46.9 Å². The average molecular weight is 652 g/mol. The van der Waals surface area contributed by atoms with Crippen molar-refractivity contribution >= 4 is 21.5 Å². The summed E-state index contributed by atoms with van der Waals surface area (Å²) in [5, 5.41) is 2.14. The fourth-order valence-electron chi connectivity index (χ4n) is 5.71. The Kier molecular flexibility index (Phi) is 22.0. The van der Waals surface area contributed by atoms with Crippen LogP contribution in [0.1, 0.15) is 134 Å². The van der Waals surface area contributed by atoms with Crippen LogP contribution in [0, 0.1) is 12.8 Å².